The van der Waals surface area contributed by atoms with E-state index in [4.69, 9.17) is 5.73 Å². The zero-order chi connectivity index (χ0) is 13.7. The normalized spacial score (nSPS) is 15.9. The maximum Gasteiger partial charge on any atom is 0.226 e. The Morgan fingerprint density at radius 2 is 2.10 bits per heavy atom. The van der Waals surface area contributed by atoms with Crippen LogP contribution in [0.5, 0.6) is 0 Å². The van der Waals surface area contributed by atoms with Crippen LogP contribution in [0.25, 0.3) is 0 Å². The number of amides is 1. The van der Waals surface area contributed by atoms with E-state index >= 15 is 0 Å². The van der Waals surface area contributed by atoms with E-state index in [1.807, 2.05) is 10.7 Å². The topological polar surface area (TPSA) is 76.2 Å². The van der Waals surface area contributed by atoms with E-state index in [0.717, 1.165) is 38.3 Å². The smallest absolute Gasteiger partial charge is 0.226 e. The molecule has 1 amide bonds. The lowest BCUT2D eigenvalue weighted by molar-refractivity contribution is -0.116. The number of anilines is 1. The highest BCUT2D eigenvalue weighted by Crippen LogP contribution is 2.25. The molecule has 0 unspecified atom stereocenters. The van der Waals surface area contributed by atoms with Crippen molar-refractivity contribution in [3.05, 3.63) is 12.3 Å². The molecule has 8 heteroatoms. The zero-order valence-electron chi connectivity index (χ0n) is 12.3. The number of hydrogen-bond acceptors (Lipinski definition) is 4. The van der Waals surface area contributed by atoms with Gasteiger partial charge < -0.3 is 16.0 Å². The van der Waals surface area contributed by atoms with Gasteiger partial charge in [-0.15, -0.1) is 24.8 Å². The lowest BCUT2D eigenvalue weighted by Crippen LogP contribution is -2.35. The summed E-state index contributed by atoms with van der Waals surface area (Å²) in [5, 5.41) is 7.24. The van der Waals surface area contributed by atoms with Gasteiger partial charge in [-0.1, -0.05) is 6.92 Å². The first-order chi connectivity index (χ1) is 9.24. The number of nitrogens with zero attached hydrogens (tertiary/aromatic N) is 3. The fourth-order valence-electron chi connectivity index (χ4n) is 2.52. The molecule has 0 aliphatic carbocycles. The summed E-state index contributed by atoms with van der Waals surface area (Å²) in [6.45, 7) is 5.85. The number of nitrogens with one attached hydrogen (secondary N) is 1. The van der Waals surface area contributed by atoms with Crippen molar-refractivity contribution in [2.45, 2.75) is 32.2 Å². The summed E-state index contributed by atoms with van der Waals surface area (Å²) in [5.74, 6) is 0.739. The predicted octanol–water partition coefficient (Wildman–Crippen LogP) is 1.67. The highest BCUT2D eigenvalue weighted by molar-refractivity contribution is 5.89. The summed E-state index contributed by atoms with van der Waals surface area (Å²) in [6, 6.07) is 2.23. The van der Waals surface area contributed by atoms with Gasteiger partial charge in [-0.2, -0.15) is 5.10 Å². The van der Waals surface area contributed by atoms with Crippen LogP contribution >= 0.6 is 24.8 Å². The lowest BCUT2D eigenvalue weighted by atomic mass is 10.1. The molecule has 1 saturated heterocycles. The van der Waals surface area contributed by atoms with Gasteiger partial charge in [-0.3, -0.25) is 4.79 Å². The molecule has 122 valence electrons. The molecule has 3 N–H and O–H groups in total. The quantitative estimate of drug-likeness (QED) is 0.856. The minimum atomic E-state index is -0.0461. The van der Waals surface area contributed by atoms with Gasteiger partial charge in [0.2, 0.25) is 5.91 Å². The number of aromatic nitrogens is 2. The molecule has 0 aromatic carbocycles. The summed E-state index contributed by atoms with van der Waals surface area (Å²) >= 11 is 0. The molecule has 0 atom stereocenters. The molecule has 0 radical (unpaired) electrons. The van der Waals surface area contributed by atoms with Crippen molar-refractivity contribution in [1.29, 1.82) is 0 Å². The van der Waals surface area contributed by atoms with Gasteiger partial charge in [0.25, 0.3) is 0 Å². The van der Waals surface area contributed by atoms with Crippen molar-refractivity contribution >= 4 is 36.5 Å². The first-order valence-corrected chi connectivity index (χ1v) is 7.00. The first-order valence-electron chi connectivity index (χ1n) is 7.00. The van der Waals surface area contributed by atoms with E-state index < -0.39 is 0 Å². The first kappa shape index (κ1) is 20.2. The Morgan fingerprint density at radius 1 is 1.43 bits per heavy atom. The predicted molar refractivity (Wildman–Crippen MR) is 89.4 cm³/mol. The Morgan fingerprint density at radius 3 is 2.67 bits per heavy atom. The summed E-state index contributed by atoms with van der Waals surface area (Å²) in [7, 11) is 0. The van der Waals surface area contributed by atoms with Gasteiger partial charge in [0.05, 0.1) is 12.2 Å². The van der Waals surface area contributed by atoms with Gasteiger partial charge in [0, 0.05) is 32.1 Å². The van der Waals surface area contributed by atoms with Gasteiger partial charge in [-0.05, 0) is 19.4 Å². The van der Waals surface area contributed by atoms with Crippen LogP contribution < -0.4 is 11.1 Å². The van der Waals surface area contributed by atoms with E-state index in [9.17, 15) is 4.79 Å². The Kier molecular flexibility index (Phi) is 9.61. The third-order valence-electron chi connectivity index (χ3n) is 3.66. The van der Waals surface area contributed by atoms with Crippen LogP contribution in [0.3, 0.4) is 0 Å². The molecule has 21 heavy (non-hydrogen) atoms. The Hall–Kier alpha value is -0.820. The molecule has 1 fully saturated rings. The zero-order valence-corrected chi connectivity index (χ0v) is 14.0. The number of rotatable bonds is 5. The number of carbonyl (C=O) groups is 1. The SMILES string of the molecule is CCN1CCC(n2nccc2NC(=O)CCN)CC1.Cl.Cl. The molecule has 0 saturated carbocycles. The van der Waals surface area contributed by atoms with Gasteiger partial charge in [0.1, 0.15) is 5.82 Å². The molecule has 0 bridgehead atoms. The number of halogens is 2. The van der Waals surface area contributed by atoms with Gasteiger partial charge in [-0.25, -0.2) is 4.68 Å². The average molecular weight is 338 g/mol. The molecule has 2 rings (SSSR count). The van der Waals surface area contributed by atoms with Crippen LogP contribution in [0.1, 0.15) is 32.2 Å². The molecule has 1 aliphatic rings. The molecule has 1 aliphatic heterocycles. The van der Waals surface area contributed by atoms with Crippen molar-refractivity contribution in [3.8, 4) is 0 Å². The van der Waals surface area contributed by atoms with Crippen LogP contribution in [-0.4, -0.2) is 46.8 Å². The number of carbonyl (C=O) groups excluding carboxylic acids is 1. The maximum absolute atomic E-state index is 11.6. The second-order valence-corrected chi connectivity index (χ2v) is 4.91. The van der Waals surface area contributed by atoms with Crippen LogP contribution in [0.15, 0.2) is 12.3 Å². The Labute approximate surface area is 138 Å². The second kappa shape index (κ2) is 10.00. The lowest BCUT2D eigenvalue weighted by Gasteiger charge is -2.31. The number of likely N-dealkylation sites (tertiary alicyclic amines) is 1. The van der Waals surface area contributed by atoms with Crippen LogP contribution in [-0.2, 0) is 4.79 Å². The summed E-state index contributed by atoms with van der Waals surface area (Å²) in [5.41, 5.74) is 5.38. The minimum absolute atomic E-state index is 0. The summed E-state index contributed by atoms with van der Waals surface area (Å²) in [6.07, 6.45) is 4.24. The Balaban J connectivity index is 0.00000200. The highest BCUT2D eigenvalue weighted by Gasteiger charge is 2.22. The van der Waals surface area contributed by atoms with Crippen LogP contribution in [0.4, 0.5) is 5.82 Å². The fourth-order valence-corrected chi connectivity index (χ4v) is 2.52. The highest BCUT2D eigenvalue weighted by atomic mass is 35.5. The number of hydrogen-bond donors (Lipinski definition) is 2. The maximum atomic E-state index is 11.6. The van der Waals surface area contributed by atoms with Crippen LogP contribution in [0.2, 0.25) is 0 Å². The van der Waals surface area contributed by atoms with Crippen molar-refractivity contribution in [3.63, 3.8) is 0 Å². The Bertz CT molecular complexity index is 418. The second-order valence-electron chi connectivity index (χ2n) is 4.91. The minimum Gasteiger partial charge on any atom is -0.330 e. The van der Waals surface area contributed by atoms with E-state index in [0.29, 0.717) is 19.0 Å². The molecule has 0 spiro atoms. The molecule has 6 nitrogen and oxygen atoms in total. The molecular weight excluding hydrogens is 313 g/mol. The van der Waals surface area contributed by atoms with Crippen LogP contribution in [0, 0.1) is 0 Å². The van der Waals surface area contributed by atoms with Crippen molar-refractivity contribution in [2.75, 3.05) is 31.5 Å². The van der Waals surface area contributed by atoms with E-state index in [2.05, 4.69) is 22.2 Å². The number of nitrogens with two attached hydrogens (primary N) is 1. The standard InChI is InChI=1S/C13H23N5O.2ClH/c1-2-17-9-5-11(6-10-17)18-12(4-8-15-18)16-13(19)3-7-14;;/h4,8,11H,2-3,5-7,9-10,14H2,1H3,(H,16,19);2*1H. The fraction of sp³-hybridized carbons (Fsp3) is 0.692. The average Bonchev–Trinajstić information content (AvgIpc) is 2.87. The van der Waals surface area contributed by atoms with E-state index in [1.54, 1.807) is 6.20 Å². The monoisotopic (exact) mass is 337 g/mol. The molecule has 2 heterocycles. The summed E-state index contributed by atoms with van der Waals surface area (Å²) in [4.78, 5) is 14.0. The molecular formula is C13H25Cl2N5O. The van der Waals surface area contributed by atoms with Gasteiger partial charge >= 0.3 is 0 Å². The van der Waals surface area contributed by atoms with Crippen molar-refractivity contribution in [2.24, 2.45) is 5.73 Å². The molecule has 1 aromatic heterocycles. The van der Waals surface area contributed by atoms with Gasteiger partial charge in [0.15, 0.2) is 0 Å². The molecule has 1 aromatic rings. The summed E-state index contributed by atoms with van der Waals surface area (Å²) < 4.78 is 1.95. The third kappa shape index (κ3) is 5.47. The third-order valence-corrected chi connectivity index (χ3v) is 3.66. The largest absolute Gasteiger partial charge is 0.330 e. The van der Waals surface area contributed by atoms with E-state index in [-0.39, 0.29) is 30.7 Å². The van der Waals surface area contributed by atoms with E-state index in [1.165, 1.54) is 0 Å². The van der Waals surface area contributed by atoms with Crippen molar-refractivity contribution in [1.82, 2.24) is 14.7 Å². The number of piperidine rings is 1. The van der Waals surface area contributed by atoms with Crippen molar-refractivity contribution < 1.29 is 4.79 Å².